The molecule has 1 aliphatic rings. The van der Waals surface area contributed by atoms with E-state index >= 15 is 0 Å². The fraction of sp³-hybridized carbons (Fsp3) is 0.136. The molecule has 0 spiro atoms. The van der Waals surface area contributed by atoms with Crippen LogP contribution in [0.25, 0.3) is 11.3 Å². The van der Waals surface area contributed by atoms with Crippen LogP contribution in [0.5, 0.6) is 11.5 Å². The number of aromatic amines is 1. The number of rotatable bonds is 4. The molecule has 0 bridgehead atoms. The number of hydrogen-bond acceptors (Lipinski definition) is 5. The van der Waals surface area contributed by atoms with Gasteiger partial charge in [0.25, 0.3) is 0 Å². The number of aromatic nitrogens is 2. The van der Waals surface area contributed by atoms with Gasteiger partial charge in [-0.2, -0.15) is 22.8 Å². The van der Waals surface area contributed by atoms with Crippen molar-refractivity contribution in [3.05, 3.63) is 79.8 Å². The van der Waals surface area contributed by atoms with Crippen LogP contribution in [0.2, 0.25) is 0 Å². The number of carbonyl (C=O) groups excluding carboxylic acids is 1. The molecular formula is C22H19N4NaO2-2. The van der Waals surface area contributed by atoms with Crippen molar-refractivity contribution in [3.63, 3.8) is 0 Å². The molecule has 1 N–H and O–H groups in total. The number of nitriles is 1. The van der Waals surface area contributed by atoms with E-state index in [9.17, 15) is 4.79 Å². The Morgan fingerprint density at radius 3 is 2.55 bits per heavy atom. The van der Waals surface area contributed by atoms with E-state index in [2.05, 4.69) is 17.1 Å². The molecule has 7 heteroatoms. The molecule has 0 amide bonds. The molecule has 4 rings (SSSR count). The Labute approximate surface area is 192 Å². The minimum Gasteiger partial charge on any atom is -0.483 e. The first kappa shape index (κ1) is 22.7. The first-order valence-corrected chi connectivity index (χ1v) is 8.81. The van der Waals surface area contributed by atoms with E-state index in [-0.39, 0.29) is 35.6 Å². The molecule has 142 valence electrons. The summed E-state index contributed by atoms with van der Waals surface area (Å²) in [5.74, 6) is 1.43. The molecule has 29 heavy (non-hydrogen) atoms. The minimum absolute atomic E-state index is 0. The molecule has 3 aromatic rings. The van der Waals surface area contributed by atoms with Crippen molar-refractivity contribution in [3.8, 4) is 28.9 Å². The SMILES string of the molecule is O=[C-]c1cc(-c2ccccc2Oc2ccccc2)n[nH]1.[CH2-]C1CC[CH-]N1C#N.[Na+]. The van der Waals surface area contributed by atoms with Gasteiger partial charge in [-0.1, -0.05) is 48.5 Å². The van der Waals surface area contributed by atoms with Crippen molar-refractivity contribution in [1.82, 2.24) is 15.1 Å². The maximum absolute atomic E-state index is 10.6. The van der Waals surface area contributed by atoms with Gasteiger partial charge in [-0.3, -0.25) is 0 Å². The fourth-order valence-electron chi connectivity index (χ4n) is 2.71. The van der Waals surface area contributed by atoms with Gasteiger partial charge in [0.1, 0.15) is 17.7 Å². The number of para-hydroxylation sites is 2. The normalized spacial score (nSPS) is 14.8. The number of nitrogens with one attached hydrogen (secondary N) is 1. The van der Waals surface area contributed by atoms with E-state index < -0.39 is 0 Å². The predicted octanol–water partition coefficient (Wildman–Crippen LogP) is 1.26. The van der Waals surface area contributed by atoms with E-state index in [1.54, 1.807) is 17.3 Å². The Hall–Kier alpha value is -2.59. The number of benzene rings is 2. The smallest absolute Gasteiger partial charge is 0.483 e. The van der Waals surface area contributed by atoms with Crippen LogP contribution in [-0.2, 0) is 4.79 Å². The summed E-state index contributed by atoms with van der Waals surface area (Å²) < 4.78 is 5.85. The van der Waals surface area contributed by atoms with Crippen molar-refractivity contribution >= 4 is 6.29 Å². The average molecular weight is 394 g/mol. The van der Waals surface area contributed by atoms with Gasteiger partial charge in [-0.25, -0.2) is 6.54 Å². The van der Waals surface area contributed by atoms with Crippen molar-refractivity contribution in [2.75, 3.05) is 0 Å². The summed E-state index contributed by atoms with van der Waals surface area (Å²) in [6, 6.07) is 18.9. The zero-order chi connectivity index (χ0) is 19.8. The third-order valence-corrected chi connectivity index (χ3v) is 4.16. The zero-order valence-electron chi connectivity index (χ0n) is 16.2. The summed E-state index contributed by atoms with van der Waals surface area (Å²) >= 11 is 0. The number of H-pyrrole nitrogens is 1. The summed E-state index contributed by atoms with van der Waals surface area (Å²) in [7, 11) is 0. The standard InChI is InChI=1S/C16H11N2O2.C6H8N2.Na/c19-11-12-10-15(18-17-12)14-8-4-5-9-16(14)20-13-6-2-1-3-7-13;1-6-3-2-4-8(6)5-7;/h1-10H,(H,17,18);4,6H,1-3H2;/q-1;-2;+1. The Morgan fingerprint density at radius 2 is 1.97 bits per heavy atom. The molecule has 1 atom stereocenters. The molecule has 2 aromatic carbocycles. The quantitative estimate of drug-likeness (QED) is 0.409. The zero-order valence-corrected chi connectivity index (χ0v) is 18.2. The summed E-state index contributed by atoms with van der Waals surface area (Å²) in [5.41, 5.74) is 1.78. The van der Waals surface area contributed by atoms with Gasteiger partial charge >= 0.3 is 29.6 Å². The van der Waals surface area contributed by atoms with Gasteiger partial charge in [0.05, 0.1) is 0 Å². The summed E-state index contributed by atoms with van der Waals surface area (Å²) in [5, 5.41) is 15.0. The topological polar surface area (TPSA) is 82.0 Å². The second-order valence-electron chi connectivity index (χ2n) is 6.10. The minimum atomic E-state index is 0. The van der Waals surface area contributed by atoms with Gasteiger partial charge in [0.15, 0.2) is 0 Å². The fourth-order valence-corrected chi connectivity index (χ4v) is 2.71. The molecule has 6 nitrogen and oxygen atoms in total. The molecule has 1 aromatic heterocycles. The van der Waals surface area contributed by atoms with Crippen molar-refractivity contribution in [2.24, 2.45) is 0 Å². The number of hydrogen-bond donors (Lipinski definition) is 1. The molecule has 0 aliphatic carbocycles. The first-order valence-electron chi connectivity index (χ1n) is 8.81. The van der Waals surface area contributed by atoms with Crippen LogP contribution in [0.15, 0.2) is 60.7 Å². The van der Waals surface area contributed by atoms with Crippen LogP contribution >= 0.6 is 0 Å². The summed E-state index contributed by atoms with van der Waals surface area (Å²) in [4.78, 5) is 12.2. The van der Waals surface area contributed by atoms with Crippen LogP contribution in [0.3, 0.4) is 0 Å². The van der Waals surface area contributed by atoms with Gasteiger partial charge in [-0.05, 0) is 18.2 Å². The van der Waals surface area contributed by atoms with Crippen LogP contribution < -0.4 is 34.3 Å². The molecule has 0 radical (unpaired) electrons. The Balaban J connectivity index is 0.000000283. The number of likely N-dealkylation sites (tertiary alicyclic amines) is 1. The first-order chi connectivity index (χ1) is 13.7. The molecule has 1 fully saturated rings. The largest absolute Gasteiger partial charge is 1.00 e. The van der Waals surface area contributed by atoms with E-state index in [0.29, 0.717) is 17.1 Å². The number of nitrogens with zero attached hydrogens (tertiary/aromatic N) is 3. The van der Waals surface area contributed by atoms with E-state index in [0.717, 1.165) is 24.2 Å². The van der Waals surface area contributed by atoms with Gasteiger partial charge < -0.3 is 26.5 Å². The monoisotopic (exact) mass is 394 g/mol. The van der Waals surface area contributed by atoms with Gasteiger partial charge in [0, 0.05) is 17.5 Å². The molecule has 1 saturated heterocycles. The van der Waals surface area contributed by atoms with Crippen LogP contribution in [-0.4, -0.2) is 27.4 Å². The van der Waals surface area contributed by atoms with Gasteiger partial charge in [0.2, 0.25) is 0 Å². The Morgan fingerprint density at radius 1 is 1.24 bits per heavy atom. The molecule has 2 heterocycles. The summed E-state index contributed by atoms with van der Waals surface area (Å²) in [6.07, 6.45) is 5.83. The number of ether oxygens (including phenoxy) is 1. The second kappa shape index (κ2) is 11.4. The van der Waals surface area contributed by atoms with Crippen molar-refractivity contribution in [1.29, 1.82) is 5.26 Å². The third kappa shape index (κ3) is 6.20. The van der Waals surface area contributed by atoms with E-state index in [1.807, 2.05) is 67.3 Å². The Kier molecular flexibility index (Phi) is 8.94. The molecule has 1 unspecified atom stereocenters. The van der Waals surface area contributed by atoms with Crippen molar-refractivity contribution < 1.29 is 39.1 Å². The van der Waals surface area contributed by atoms with E-state index in [4.69, 9.17) is 10.00 Å². The predicted molar refractivity (Wildman–Crippen MR) is 105 cm³/mol. The molecular weight excluding hydrogens is 375 g/mol. The third-order valence-electron chi connectivity index (χ3n) is 4.16. The second-order valence-corrected chi connectivity index (χ2v) is 6.10. The van der Waals surface area contributed by atoms with Crippen LogP contribution in [0, 0.1) is 24.9 Å². The van der Waals surface area contributed by atoms with Crippen LogP contribution in [0.4, 0.5) is 0 Å². The maximum atomic E-state index is 10.6. The van der Waals surface area contributed by atoms with Gasteiger partial charge in [-0.15, -0.1) is 6.04 Å². The van der Waals surface area contributed by atoms with E-state index in [1.165, 1.54) is 0 Å². The van der Waals surface area contributed by atoms with Crippen molar-refractivity contribution in [2.45, 2.75) is 18.9 Å². The molecule has 0 saturated carbocycles. The molecule has 1 aliphatic heterocycles. The summed E-state index contributed by atoms with van der Waals surface area (Å²) in [6.45, 7) is 5.65. The Bertz CT molecular complexity index is 953. The average Bonchev–Trinajstić information content (AvgIpc) is 3.38. The maximum Gasteiger partial charge on any atom is 1.00 e. The van der Waals surface area contributed by atoms with Crippen LogP contribution in [0.1, 0.15) is 18.5 Å².